The molecule has 1 amide bonds. The van der Waals surface area contributed by atoms with Crippen molar-refractivity contribution in [2.45, 2.75) is 43.5 Å². The van der Waals surface area contributed by atoms with E-state index in [0.717, 1.165) is 25.8 Å². The first-order valence-electron chi connectivity index (χ1n) is 10.4. The van der Waals surface area contributed by atoms with Gasteiger partial charge in [-0.05, 0) is 57.5 Å². The summed E-state index contributed by atoms with van der Waals surface area (Å²) in [6, 6.07) is 6.85. The largest absolute Gasteiger partial charge is 0.368 e. The van der Waals surface area contributed by atoms with E-state index in [1.165, 1.54) is 25.0 Å². The maximum absolute atomic E-state index is 12.0. The van der Waals surface area contributed by atoms with Crippen LogP contribution in [-0.4, -0.2) is 61.6 Å². The SMILES string of the molecule is CCc1nc(C(N)=O)c(Nc2cccc(S(C)(=O)=O)c2)nc1NCCC1CCCN1C. The highest BCUT2D eigenvalue weighted by molar-refractivity contribution is 7.90. The molecule has 0 spiro atoms. The van der Waals surface area contributed by atoms with Crippen molar-refractivity contribution in [1.82, 2.24) is 14.9 Å². The highest BCUT2D eigenvalue weighted by Crippen LogP contribution is 2.25. The molecule has 1 atom stereocenters. The van der Waals surface area contributed by atoms with Crippen molar-refractivity contribution in [2.24, 2.45) is 5.73 Å². The molecule has 3 rings (SSSR count). The molecule has 1 aliphatic heterocycles. The lowest BCUT2D eigenvalue weighted by molar-refractivity contribution is 0.0996. The molecule has 1 aromatic heterocycles. The van der Waals surface area contributed by atoms with Gasteiger partial charge in [0.25, 0.3) is 5.91 Å². The summed E-state index contributed by atoms with van der Waals surface area (Å²) in [4.78, 5) is 23.5. The molecule has 9 nitrogen and oxygen atoms in total. The number of carbonyl (C=O) groups is 1. The minimum absolute atomic E-state index is 0.0164. The lowest BCUT2D eigenvalue weighted by atomic mass is 10.1. The van der Waals surface area contributed by atoms with Gasteiger partial charge in [-0.1, -0.05) is 13.0 Å². The van der Waals surface area contributed by atoms with Crippen molar-refractivity contribution in [1.29, 1.82) is 0 Å². The van der Waals surface area contributed by atoms with Crippen LogP contribution < -0.4 is 16.4 Å². The van der Waals surface area contributed by atoms with Crippen LogP contribution in [0, 0.1) is 0 Å². The number of aryl methyl sites for hydroxylation is 1. The van der Waals surface area contributed by atoms with Gasteiger partial charge in [0.1, 0.15) is 5.82 Å². The molecule has 1 unspecified atom stereocenters. The number of hydrogen-bond donors (Lipinski definition) is 3. The van der Waals surface area contributed by atoms with Crippen LogP contribution in [-0.2, 0) is 16.3 Å². The zero-order valence-corrected chi connectivity index (χ0v) is 19.0. The number of hydrogen-bond acceptors (Lipinski definition) is 8. The van der Waals surface area contributed by atoms with Gasteiger partial charge in [-0.2, -0.15) is 0 Å². The highest BCUT2D eigenvalue weighted by Gasteiger charge is 2.21. The summed E-state index contributed by atoms with van der Waals surface area (Å²) in [7, 11) is -1.23. The summed E-state index contributed by atoms with van der Waals surface area (Å²) in [6.07, 6.45) is 5.12. The summed E-state index contributed by atoms with van der Waals surface area (Å²) < 4.78 is 23.7. The number of benzene rings is 1. The average Bonchev–Trinajstić information content (AvgIpc) is 3.12. The fourth-order valence-corrected chi connectivity index (χ4v) is 4.43. The summed E-state index contributed by atoms with van der Waals surface area (Å²) in [5, 5.41) is 6.36. The fraction of sp³-hybridized carbons (Fsp3) is 0.476. The molecule has 1 aliphatic rings. The number of rotatable bonds is 9. The van der Waals surface area contributed by atoms with Gasteiger partial charge in [0.2, 0.25) is 0 Å². The Bertz CT molecular complexity index is 1060. The molecule has 1 aromatic carbocycles. The third kappa shape index (κ3) is 5.71. The Balaban J connectivity index is 1.86. The Labute approximate surface area is 183 Å². The predicted octanol–water partition coefficient (Wildman–Crippen LogP) is 2.18. The number of nitrogens with zero attached hydrogens (tertiary/aromatic N) is 3. The predicted molar refractivity (Wildman–Crippen MR) is 122 cm³/mol. The number of primary amides is 1. The molecule has 1 fully saturated rings. The Morgan fingerprint density at radius 2 is 2.06 bits per heavy atom. The van der Waals surface area contributed by atoms with Gasteiger partial charge in [-0.25, -0.2) is 18.4 Å². The molecule has 0 saturated carbocycles. The number of carbonyl (C=O) groups excluding carboxylic acids is 1. The maximum Gasteiger partial charge on any atom is 0.271 e. The van der Waals surface area contributed by atoms with E-state index in [4.69, 9.17) is 5.73 Å². The summed E-state index contributed by atoms with van der Waals surface area (Å²) in [5.41, 5.74) is 6.68. The molecule has 1 saturated heterocycles. The average molecular weight is 447 g/mol. The van der Waals surface area contributed by atoms with Crippen LogP contribution >= 0.6 is 0 Å². The van der Waals surface area contributed by atoms with Gasteiger partial charge >= 0.3 is 0 Å². The van der Waals surface area contributed by atoms with Gasteiger partial charge in [-0.3, -0.25) is 4.79 Å². The third-order valence-corrected chi connectivity index (χ3v) is 6.61. The zero-order chi connectivity index (χ0) is 22.6. The van der Waals surface area contributed by atoms with Gasteiger partial charge in [-0.15, -0.1) is 0 Å². The van der Waals surface area contributed by atoms with E-state index in [9.17, 15) is 13.2 Å². The molecular formula is C21H30N6O3S. The van der Waals surface area contributed by atoms with Crippen molar-refractivity contribution in [2.75, 3.05) is 37.0 Å². The van der Waals surface area contributed by atoms with E-state index >= 15 is 0 Å². The summed E-state index contributed by atoms with van der Waals surface area (Å²) in [6.45, 7) is 3.79. The van der Waals surface area contributed by atoms with Crippen LogP contribution in [0.15, 0.2) is 29.2 Å². The van der Waals surface area contributed by atoms with Gasteiger partial charge in [0, 0.05) is 24.5 Å². The molecule has 2 aromatic rings. The fourth-order valence-electron chi connectivity index (χ4n) is 3.76. The standard InChI is InChI=1S/C21H30N6O3S/c1-4-17-20(23-11-10-15-8-6-12-27(15)2)26-21(18(25-17)19(22)28)24-14-7-5-9-16(13-14)31(3,29)30/h5,7,9,13,15H,4,6,8,10-12H2,1-3H3,(H2,22,28)(H2,23,24,26). The Kier molecular flexibility index (Phi) is 7.11. The van der Waals surface area contributed by atoms with E-state index in [1.807, 2.05) is 6.92 Å². The summed E-state index contributed by atoms with van der Waals surface area (Å²) >= 11 is 0. The number of likely N-dealkylation sites (tertiary alicyclic amines) is 1. The Hall–Kier alpha value is -2.72. The molecule has 168 valence electrons. The molecule has 31 heavy (non-hydrogen) atoms. The van der Waals surface area contributed by atoms with E-state index in [0.29, 0.717) is 29.7 Å². The van der Waals surface area contributed by atoms with Crippen LogP contribution in [0.4, 0.5) is 17.3 Å². The number of nitrogens with one attached hydrogen (secondary N) is 2. The number of amides is 1. The first-order valence-corrected chi connectivity index (χ1v) is 12.3. The smallest absolute Gasteiger partial charge is 0.271 e. The molecule has 10 heteroatoms. The third-order valence-electron chi connectivity index (χ3n) is 5.50. The monoisotopic (exact) mass is 446 g/mol. The van der Waals surface area contributed by atoms with Crippen LogP contribution in [0.25, 0.3) is 0 Å². The van der Waals surface area contributed by atoms with Crippen LogP contribution in [0.5, 0.6) is 0 Å². The first-order chi connectivity index (χ1) is 14.7. The second-order valence-electron chi connectivity index (χ2n) is 7.85. The highest BCUT2D eigenvalue weighted by atomic mass is 32.2. The minimum atomic E-state index is -3.37. The van der Waals surface area contributed by atoms with Crippen molar-refractivity contribution in [3.8, 4) is 0 Å². The van der Waals surface area contributed by atoms with E-state index in [1.54, 1.807) is 12.1 Å². The normalized spacial score (nSPS) is 16.9. The lowest BCUT2D eigenvalue weighted by Gasteiger charge is -2.20. The molecule has 4 N–H and O–H groups in total. The Morgan fingerprint density at radius 3 is 2.68 bits per heavy atom. The van der Waals surface area contributed by atoms with Crippen molar-refractivity contribution in [3.05, 3.63) is 35.7 Å². The quantitative estimate of drug-likeness (QED) is 0.534. The first kappa shape index (κ1) is 23.0. The van der Waals surface area contributed by atoms with Crippen molar-refractivity contribution in [3.63, 3.8) is 0 Å². The van der Waals surface area contributed by atoms with Gasteiger partial charge in [0.15, 0.2) is 21.3 Å². The number of anilines is 3. The Morgan fingerprint density at radius 1 is 1.29 bits per heavy atom. The van der Waals surface area contributed by atoms with E-state index in [2.05, 4.69) is 32.5 Å². The second kappa shape index (κ2) is 9.61. The number of sulfone groups is 1. The number of aromatic nitrogens is 2. The van der Waals surface area contributed by atoms with Crippen LogP contribution in [0.2, 0.25) is 0 Å². The second-order valence-corrected chi connectivity index (χ2v) is 9.87. The minimum Gasteiger partial charge on any atom is -0.368 e. The lowest BCUT2D eigenvalue weighted by Crippen LogP contribution is -2.27. The molecular weight excluding hydrogens is 416 g/mol. The van der Waals surface area contributed by atoms with Crippen molar-refractivity contribution < 1.29 is 13.2 Å². The summed E-state index contributed by atoms with van der Waals surface area (Å²) in [5.74, 6) is 0.0776. The molecule has 0 aliphatic carbocycles. The zero-order valence-electron chi connectivity index (χ0n) is 18.2. The van der Waals surface area contributed by atoms with Crippen LogP contribution in [0.3, 0.4) is 0 Å². The topological polar surface area (TPSA) is 130 Å². The van der Waals surface area contributed by atoms with E-state index < -0.39 is 15.7 Å². The number of nitrogens with two attached hydrogens (primary N) is 1. The van der Waals surface area contributed by atoms with Gasteiger partial charge < -0.3 is 21.3 Å². The molecule has 0 radical (unpaired) electrons. The molecule has 2 heterocycles. The van der Waals surface area contributed by atoms with Crippen LogP contribution in [0.1, 0.15) is 42.4 Å². The van der Waals surface area contributed by atoms with Crippen molar-refractivity contribution >= 4 is 33.1 Å². The maximum atomic E-state index is 12.0. The van der Waals surface area contributed by atoms with Gasteiger partial charge in [0.05, 0.1) is 10.6 Å². The molecule has 0 bridgehead atoms. The van der Waals surface area contributed by atoms with E-state index in [-0.39, 0.29) is 16.4 Å².